The van der Waals surface area contributed by atoms with Crippen LogP contribution in [0.5, 0.6) is 5.75 Å². The Morgan fingerprint density at radius 3 is 2.21 bits per heavy atom. The fourth-order valence-corrected chi connectivity index (χ4v) is 3.47. The Morgan fingerprint density at radius 1 is 0.929 bits per heavy atom. The highest BCUT2D eigenvalue weighted by Gasteiger charge is 2.40. The maximum atomic E-state index is 5.85. The molecular weight excluding hydrogens is 344 g/mol. The minimum absolute atomic E-state index is 0.0511. The monoisotopic (exact) mass is 386 g/mol. The fraction of sp³-hybridized carbons (Fsp3) is 0.692. The first-order valence-corrected chi connectivity index (χ1v) is 11.7. The van der Waals surface area contributed by atoms with Gasteiger partial charge in [-0.05, 0) is 43.9 Å². The molecule has 1 atom stereocenters. The second-order valence-corrected chi connectivity index (χ2v) is 8.67. The number of ether oxygens (including phenoxy) is 2. The molecule has 2 nitrogen and oxygen atoms in total. The van der Waals surface area contributed by atoms with Crippen molar-refractivity contribution in [3.63, 3.8) is 0 Å². The van der Waals surface area contributed by atoms with Crippen molar-refractivity contribution >= 4 is 0 Å². The summed E-state index contributed by atoms with van der Waals surface area (Å²) in [6.45, 7) is 5.84. The summed E-state index contributed by atoms with van der Waals surface area (Å²) in [4.78, 5) is 0. The van der Waals surface area contributed by atoms with Gasteiger partial charge in [-0.15, -0.1) is 0 Å². The largest absolute Gasteiger partial charge is 0.490 e. The van der Waals surface area contributed by atoms with Crippen LogP contribution in [0.2, 0.25) is 0 Å². The van der Waals surface area contributed by atoms with Crippen LogP contribution in [0, 0.1) is 0 Å². The minimum Gasteiger partial charge on any atom is -0.490 e. The summed E-state index contributed by atoms with van der Waals surface area (Å²) in [5, 5.41) is 0. The smallest absolute Gasteiger partial charge is 0.123 e. The van der Waals surface area contributed by atoms with E-state index in [1.54, 1.807) is 0 Å². The Morgan fingerprint density at radius 2 is 1.57 bits per heavy atom. The van der Waals surface area contributed by atoms with Crippen molar-refractivity contribution in [2.24, 2.45) is 0 Å². The molecule has 0 saturated carbocycles. The fourth-order valence-electron chi connectivity index (χ4n) is 3.47. The third-order valence-corrected chi connectivity index (χ3v) is 5.57. The van der Waals surface area contributed by atoms with E-state index in [1.165, 1.54) is 82.6 Å². The molecule has 0 aromatic heterocycles. The van der Waals surface area contributed by atoms with Crippen LogP contribution in [0.25, 0.3) is 0 Å². The maximum Gasteiger partial charge on any atom is 0.123 e. The molecule has 1 aliphatic rings. The van der Waals surface area contributed by atoms with Crippen LogP contribution in [-0.2, 0) is 11.2 Å². The highest BCUT2D eigenvalue weighted by molar-refractivity contribution is 5.30. The molecule has 1 heterocycles. The lowest BCUT2D eigenvalue weighted by molar-refractivity contribution is 0.202. The lowest BCUT2D eigenvalue weighted by Crippen LogP contribution is -2.16. The first kappa shape index (κ1) is 23.0. The second-order valence-electron chi connectivity index (χ2n) is 8.67. The van der Waals surface area contributed by atoms with E-state index < -0.39 is 0 Å². The van der Waals surface area contributed by atoms with Gasteiger partial charge in [0.25, 0.3) is 0 Å². The van der Waals surface area contributed by atoms with Gasteiger partial charge in [0.15, 0.2) is 0 Å². The van der Waals surface area contributed by atoms with Crippen LogP contribution < -0.4 is 4.74 Å². The molecule has 0 N–H and O–H groups in total. The highest BCUT2D eigenvalue weighted by Crippen LogP contribution is 2.27. The van der Waals surface area contributed by atoms with Gasteiger partial charge < -0.3 is 9.47 Å². The summed E-state index contributed by atoms with van der Waals surface area (Å²) in [5.74, 6) is 0.952. The zero-order valence-electron chi connectivity index (χ0n) is 18.4. The number of hydrogen-bond donors (Lipinski definition) is 0. The van der Waals surface area contributed by atoms with E-state index in [2.05, 4.69) is 44.2 Å². The zero-order valence-corrected chi connectivity index (χ0v) is 18.4. The van der Waals surface area contributed by atoms with E-state index in [0.29, 0.717) is 6.61 Å². The van der Waals surface area contributed by atoms with Gasteiger partial charge in [-0.3, -0.25) is 0 Å². The van der Waals surface area contributed by atoms with E-state index in [4.69, 9.17) is 9.47 Å². The van der Waals surface area contributed by atoms with Gasteiger partial charge in [-0.1, -0.05) is 95.4 Å². The molecule has 0 amide bonds. The number of benzene rings is 1. The molecule has 158 valence electrons. The van der Waals surface area contributed by atoms with Gasteiger partial charge in [0.1, 0.15) is 18.0 Å². The van der Waals surface area contributed by atoms with Crippen LogP contribution in [0.3, 0.4) is 0 Å². The molecule has 1 saturated heterocycles. The average molecular weight is 387 g/mol. The summed E-state index contributed by atoms with van der Waals surface area (Å²) >= 11 is 0. The van der Waals surface area contributed by atoms with Crippen molar-refractivity contribution in [2.45, 2.75) is 103 Å². The predicted molar refractivity (Wildman–Crippen MR) is 120 cm³/mol. The lowest BCUT2D eigenvalue weighted by atomic mass is 10.0. The second kappa shape index (κ2) is 13.8. The highest BCUT2D eigenvalue weighted by atomic mass is 16.6. The molecule has 1 fully saturated rings. The summed E-state index contributed by atoms with van der Waals surface area (Å²) in [6.07, 6.45) is 22.4. The van der Waals surface area contributed by atoms with Crippen LogP contribution in [-0.4, -0.2) is 18.8 Å². The van der Waals surface area contributed by atoms with E-state index in [-0.39, 0.29) is 5.60 Å². The molecule has 0 bridgehead atoms. The third-order valence-electron chi connectivity index (χ3n) is 5.57. The normalized spacial score (nSPS) is 18.6. The zero-order chi connectivity index (χ0) is 19.9. The summed E-state index contributed by atoms with van der Waals surface area (Å²) in [6, 6.07) is 8.44. The Hall–Kier alpha value is -1.28. The van der Waals surface area contributed by atoms with Gasteiger partial charge in [-0.2, -0.15) is 0 Å². The quantitative estimate of drug-likeness (QED) is 0.156. The first-order chi connectivity index (χ1) is 13.7. The van der Waals surface area contributed by atoms with Crippen molar-refractivity contribution in [3.8, 4) is 5.75 Å². The molecular formula is C26H42O2. The Balaban J connectivity index is 1.43. The third kappa shape index (κ3) is 10.9. The standard InChI is InChI=1S/C26H42O2/c1-3-4-5-6-7-8-9-10-11-12-13-14-15-16-18-24-19-17-20-25(21-24)27-22-26(2)23-28-26/h15-17,19-21H,3-14,18,22-23H2,1-2H3/b16-15+. The molecule has 0 spiro atoms. The van der Waals surface area contributed by atoms with Crippen molar-refractivity contribution in [3.05, 3.63) is 42.0 Å². The van der Waals surface area contributed by atoms with Gasteiger partial charge in [0.2, 0.25) is 0 Å². The first-order valence-electron chi connectivity index (χ1n) is 11.7. The molecule has 28 heavy (non-hydrogen) atoms. The Bertz CT molecular complexity index is 545. The number of hydrogen-bond acceptors (Lipinski definition) is 2. The average Bonchev–Trinajstić information content (AvgIpc) is 3.45. The molecule has 2 rings (SSSR count). The van der Waals surface area contributed by atoms with Crippen LogP contribution >= 0.6 is 0 Å². The molecule has 1 unspecified atom stereocenters. The van der Waals surface area contributed by atoms with Gasteiger partial charge >= 0.3 is 0 Å². The molecule has 1 aromatic carbocycles. The number of rotatable bonds is 17. The van der Waals surface area contributed by atoms with Crippen molar-refractivity contribution < 1.29 is 9.47 Å². The van der Waals surface area contributed by atoms with Gasteiger partial charge in [0, 0.05) is 0 Å². The lowest BCUT2D eigenvalue weighted by Gasteiger charge is -2.09. The minimum atomic E-state index is -0.0511. The van der Waals surface area contributed by atoms with Crippen LogP contribution in [0.4, 0.5) is 0 Å². The molecule has 1 aliphatic heterocycles. The topological polar surface area (TPSA) is 21.8 Å². The van der Waals surface area contributed by atoms with Gasteiger partial charge in [0.05, 0.1) is 6.61 Å². The van der Waals surface area contributed by atoms with Crippen LogP contribution in [0.15, 0.2) is 36.4 Å². The number of epoxide rings is 1. The molecule has 1 aromatic rings. The summed E-state index contributed by atoms with van der Waals surface area (Å²) in [7, 11) is 0. The van der Waals surface area contributed by atoms with E-state index in [0.717, 1.165) is 18.8 Å². The van der Waals surface area contributed by atoms with E-state index in [1.807, 2.05) is 6.07 Å². The van der Waals surface area contributed by atoms with Crippen molar-refractivity contribution in [1.82, 2.24) is 0 Å². The molecule has 0 radical (unpaired) electrons. The summed E-state index contributed by atoms with van der Waals surface area (Å²) in [5.41, 5.74) is 1.26. The van der Waals surface area contributed by atoms with Crippen LogP contribution in [0.1, 0.15) is 96.5 Å². The molecule has 0 aliphatic carbocycles. The van der Waals surface area contributed by atoms with Gasteiger partial charge in [-0.25, -0.2) is 0 Å². The SMILES string of the molecule is CCCCCCCCCCCCC/C=C/Cc1cccc(OCC2(C)CO2)c1. The Labute approximate surface area is 173 Å². The maximum absolute atomic E-state index is 5.85. The van der Waals surface area contributed by atoms with E-state index >= 15 is 0 Å². The molecule has 2 heteroatoms. The predicted octanol–water partition coefficient (Wildman–Crippen LogP) is 7.65. The number of unbranched alkanes of at least 4 members (excludes halogenated alkanes) is 11. The van der Waals surface area contributed by atoms with Crippen molar-refractivity contribution in [2.75, 3.05) is 13.2 Å². The van der Waals surface area contributed by atoms with Crippen molar-refractivity contribution in [1.29, 1.82) is 0 Å². The van der Waals surface area contributed by atoms with E-state index in [9.17, 15) is 0 Å². The summed E-state index contributed by atoms with van der Waals surface area (Å²) < 4.78 is 11.2. The Kier molecular flexibility index (Phi) is 11.4. The number of allylic oxidation sites excluding steroid dienone is 2.